The molecule has 3 rings (SSSR count). The molecule has 0 aliphatic carbocycles. The second-order valence-electron chi connectivity index (χ2n) is 6.39. The second kappa shape index (κ2) is 5.92. The zero-order valence-corrected chi connectivity index (χ0v) is 13.3. The molecule has 0 spiro atoms. The van der Waals surface area contributed by atoms with Gasteiger partial charge in [-0.2, -0.15) is 0 Å². The molecule has 2 aromatic rings. The third-order valence-corrected chi connectivity index (χ3v) is 4.19. The standard InChI is InChI=1S/C18H25N3/c1-4-16-12-21-17(9-10-19-18(21)20-16)15-7-5-14(6-8-15)11-13(2)3/h5-8,12-13,17H,4,9-11H2,1-3H3,(H,19,20). The normalized spacial score (nSPS) is 17.6. The van der Waals surface area contributed by atoms with Crippen LogP contribution >= 0.6 is 0 Å². The van der Waals surface area contributed by atoms with Crippen molar-refractivity contribution in [1.29, 1.82) is 0 Å². The van der Waals surface area contributed by atoms with Crippen LogP contribution in [0.15, 0.2) is 30.5 Å². The Labute approximate surface area is 127 Å². The van der Waals surface area contributed by atoms with E-state index >= 15 is 0 Å². The van der Waals surface area contributed by atoms with Crippen molar-refractivity contribution in [1.82, 2.24) is 9.55 Å². The molecule has 1 atom stereocenters. The molecule has 21 heavy (non-hydrogen) atoms. The first-order valence-electron chi connectivity index (χ1n) is 8.07. The van der Waals surface area contributed by atoms with E-state index in [0.717, 1.165) is 31.8 Å². The predicted molar refractivity (Wildman–Crippen MR) is 87.8 cm³/mol. The number of hydrogen-bond acceptors (Lipinski definition) is 2. The van der Waals surface area contributed by atoms with E-state index in [1.165, 1.54) is 16.8 Å². The maximum absolute atomic E-state index is 4.65. The van der Waals surface area contributed by atoms with Crippen LogP contribution in [-0.2, 0) is 12.8 Å². The Morgan fingerprint density at radius 1 is 1.29 bits per heavy atom. The molecular weight excluding hydrogens is 258 g/mol. The Kier molecular flexibility index (Phi) is 4.00. The van der Waals surface area contributed by atoms with Gasteiger partial charge in [0.1, 0.15) is 0 Å². The van der Waals surface area contributed by atoms with E-state index < -0.39 is 0 Å². The molecule has 3 heteroatoms. The van der Waals surface area contributed by atoms with Crippen LogP contribution < -0.4 is 5.32 Å². The number of nitrogens with zero attached hydrogens (tertiary/aromatic N) is 2. The summed E-state index contributed by atoms with van der Waals surface area (Å²) in [5.41, 5.74) is 3.99. The van der Waals surface area contributed by atoms with Crippen LogP contribution in [-0.4, -0.2) is 16.1 Å². The highest BCUT2D eigenvalue weighted by Crippen LogP contribution is 2.30. The largest absolute Gasteiger partial charge is 0.356 e. The van der Waals surface area contributed by atoms with Crippen molar-refractivity contribution in [2.45, 2.75) is 46.1 Å². The van der Waals surface area contributed by atoms with Crippen LogP contribution in [0.4, 0.5) is 5.95 Å². The molecule has 3 nitrogen and oxygen atoms in total. The molecule has 1 aromatic carbocycles. The highest BCUT2D eigenvalue weighted by molar-refractivity contribution is 5.36. The van der Waals surface area contributed by atoms with E-state index in [4.69, 9.17) is 0 Å². The Morgan fingerprint density at radius 2 is 2.05 bits per heavy atom. The molecule has 1 N–H and O–H groups in total. The molecular formula is C18H25N3. The minimum Gasteiger partial charge on any atom is -0.356 e. The molecule has 0 bridgehead atoms. The molecule has 1 aliphatic rings. The summed E-state index contributed by atoms with van der Waals surface area (Å²) >= 11 is 0. The first-order chi connectivity index (χ1) is 10.2. The first kappa shape index (κ1) is 14.2. The SMILES string of the molecule is CCc1cn2c(n1)NCCC2c1ccc(CC(C)C)cc1. The van der Waals surface area contributed by atoms with Gasteiger partial charge in [0.05, 0.1) is 11.7 Å². The van der Waals surface area contributed by atoms with Crippen molar-refractivity contribution in [3.8, 4) is 0 Å². The number of imidazole rings is 1. The van der Waals surface area contributed by atoms with Crippen molar-refractivity contribution >= 4 is 5.95 Å². The molecule has 0 fully saturated rings. The Balaban J connectivity index is 1.86. The van der Waals surface area contributed by atoms with Crippen LogP contribution in [0.1, 0.15) is 50.1 Å². The van der Waals surface area contributed by atoms with Crippen molar-refractivity contribution < 1.29 is 0 Å². The molecule has 0 saturated heterocycles. The van der Waals surface area contributed by atoms with Crippen LogP contribution in [0.5, 0.6) is 0 Å². The molecule has 0 radical (unpaired) electrons. The number of fused-ring (bicyclic) bond motifs is 1. The Hall–Kier alpha value is -1.77. The van der Waals surface area contributed by atoms with Crippen molar-refractivity contribution in [3.05, 3.63) is 47.3 Å². The van der Waals surface area contributed by atoms with Gasteiger partial charge in [-0.15, -0.1) is 0 Å². The van der Waals surface area contributed by atoms with Crippen molar-refractivity contribution in [3.63, 3.8) is 0 Å². The lowest BCUT2D eigenvalue weighted by Crippen LogP contribution is -2.23. The van der Waals surface area contributed by atoms with E-state index in [0.29, 0.717) is 12.0 Å². The van der Waals surface area contributed by atoms with Gasteiger partial charge in [-0.05, 0) is 36.3 Å². The molecule has 2 heterocycles. The Morgan fingerprint density at radius 3 is 2.71 bits per heavy atom. The van der Waals surface area contributed by atoms with Gasteiger partial charge in [0.25, 0.3) is 0 Å². The van der Waals surface area contributed by atoms with Gasteiger partial charge in [-0.25, -0.2) is 4.98 Å². The van der Waals surface area contributed by atoms with Gasteiger partial charge in [-0.3, -0.25) is 0 Å². The van der Waals surface area contributed by atoms with Gasteiger partial charge in [0.2, 0.25) is 5.95 Å². The van der Waals surface area contributed by atoms with E-state index in [1.807, 2.05) is 0 Å². The zero-order valence-electron chi connectivity index (χ0n) is 13.3. The van der Waals surface area contributed by atoms with Gasteiger partial charge < -0.3 is 9.88 Å². The topological polar surface area (TPSA) is 29.9 Å². The average molecular weight is 283 g/mol. The van der Waals surface area contributed by atoms with Crippen LogP contribution in [0.2, 0.25) is 0 Å². The quantitative estimate of drug-likeness (QED) is 0.917. The lowest BCUT2D eigenvalue weighted by molar-refractivity contribution is 0.530. The maximum Gasteiger partial charge on any atom is 0.203 e. The molecule has 1 unspecified atom stereocenters. The fraction of sp³-hybridized carbons (Fsp3) is 0.500. The Bertz CT molecular complexity index is 595. The number of nitrogens with one attached hydrogen (secondary N) is 1. The van der Waals surface area contributed by atoms with Gasteiger partial charge in [-0.1, -0.05) is 45.0 Å². The lowest BCUT2D eigenvalue weighted by Gasteiger charge is -2.26. The van der Waals surface area contributed by atoms with Crippen LogP contribution in [0.3, 0.4) is 0 Å². The number of hydrogen-bond donors (Lipinski definition) is 1. The number of rotatable bonds is 4. The fourth-order valence-corrected chi connectivity index (χ4v) is 3.12. The first-order valence-corrected chi connectivity index (χ1v) is 8.07. The molecule has 0 saturated carbocycles. The predicted octanol–water partition coefficient (Wildman–Crippen LogP) is 4.05. The number of aryl methyl sites for hydroxylation is 1. The fourth-order valence-electron chi connectivity index (χ4n) is 3.12. The smallest absolute Gasteiger partial charge is 0.203 e. The average Bonchev–Trinajstić information content (AvgIpc) is 2.90. The molecule has 112 valence electrons. The number of aromatic nitrogens is 2. The molecule has 1 aromatic heterocycles. The van der Waals surface area contributed by atoms with Gasteiger partial charge in [0.15, 0.2) is 0 Å². The second-order valence-corrected chi connectivity index (χ2v) is 6.39. The summed E-state index contributed by atoms with van der Waals surface area (Å²) in [4.78, 5) is 4.65. The maximum atomic E-state index is 4.65. The van der Waals surface area contributed by atoms with Gasteiger partial charge in [0, 0.05) is 12.7 Å². The summed E-state index contributed by atoms with van der Waals surface area (Å²) < 4.78 is 2.31. The third-order valence-electron chi connectivity index (χ3n) is 4.19. The van der Waals surface area contributed by atoms with E-state index in [1.54, 1.807) is 0 Å². The highest BCUT2D eigenvalue weighted by atomic mass is 15.2. The minimum atomic E-state index is 0.419. The lowest BCUT2D eigenvalue weighted by atomic mass is 9.97. The van der Waals surface area contributed by atoms with Crippen LogP contribution in [0, 0.1) is 5.92 Å². The minimum absolute atomic E-state index is 0.419. The summed E-state index contributed by atoms with van der Waals surface area (Å²) in [5, 5.41) is 3.41. The summed E-state index contributed by atoms with van der Waals surface area (Å²) in [6.07, 6.45) is 5.47. The van der Waals surface area contributed by atoms with Crippen molar-refractivity contribution in [2.75, 3.05) is 11.9 Å². The summed E-state index contributed by atoms with van der Waals surface area (Å²) in [5.74, 6) is 1.73. The molecule has 1 aliphatic heterocycles. The number of anilines is 1. The van der Waals surface area contributed by atoms with Crippen molar-refractivity contribution in [2.24, 2.45) is 5.92 Å². The summed E-state index contributed by atoms with van der Waals surface area (Å²) in [7, 11) is 0. The van der Waals surface area contributed by atoms with Gasteiger partial charge >= 0.3 is 0 Å². The monoisotopic (exact) mass is 283 g/mol. The molecule has 0 amide bonds. The van der Waals surface area contributed by atoms with E-state index in [2.05, 4.69) is 66.1 Å². The highest BCUT2D eigenvalue weighted by Gasteiger charge is 2.22. The van der Waals surface area contributed by atoms with E-state index in [-0.39, 0.29) is 0 Å². The summed E-state index contributed by atoms with van der Waals surface area (Å²) in [6, 6.07) is 9.58. The van der Waals surface area contributed by atoms with E-state index in [9.17, 15) is 0 Å². The number of benzene rings is 1. The van der Waals surface area contributed by atoms with Crippen LogP contribution in [0.25, 0.3) is 0 Å². The third kappa shape index (κ3) is 2.97. The zero-order chi connectivity index (χ0) is 14.8. The summed E-state index contributed by atoms with van der Waals surface area (Å²) in [6.45, 7) is 7.69.